The third-order valence-electron chi connectivity index (χ3n) is 3.09. The summed E-state index contributed by atoms with van der Waals surface area (Å²) in [6.45, 7) is 5.52. The Labute approximate surface area is 101 Å². The number of hydrogen-bond donors (Lipinski definition) is 2. The lowest BCUT2D eigenvalue weighted by molar-refractivity contribution is -0.118. The molecule has 0 aliphatic heterocycles. The van der Waals surface area contributed by atoms with Crippen molar-refractivity contribution in [3.63, 3.8) is 0 Å². The van der Waals surface area contributed by atoms with E-state index in [0.29, 0.717) is 11.3 Å². The Morgan fingerprint density at radius 1 is 1.53 bits per heavy atom. The van der Waals surface area contributed by atoms with Gasteiger partial charge in [0.05, 0.1) is 6.04 Å². The van der Waals surface area contributed by atoms with Crippen LogP contribution in [-0.2, 0) is 4.79 Å². The molecule has 17 heavy (non-hydrogen) atoms. The molecule has 0 fully saturated rings. The number of nitrogens with one attached hydrogen (secondary N) is 1. The summed E-state index contributed by atoms with van der Waals surface area (Å²) in [6, 6.07) is 4.02. The second-order valence-corrected chi connectivity index (χ2v) is 4.31. The van der Waals surface area contributed by atoms with Crippen LogP contribution in [0.3, 0.4) is 0 Å². The average Bonchev–Trinajstić information content (AvgIpc) is 2.32. The van der Waals surface area contributed by atoms with Crippen LogP contribution in [0.15, 0.2) is 18.2 Å². The average molecular weight is 238 g/mol. The lowest BCUT2D eigenvalue weighted by Gasteiger charge is -2.18. The Morgan fingerprint density at radius 3 is 2.76 bits per heavy atom. The standard InChI is InChI=1S/C13H19FN2O/c1-4-8(2)12(15)13(17)16-11-7-5-6-10(14)9(11)3/h5-8,12H,4,15H2,1-3H3,(H,16,17)/t8?,12-/m0/s1. The quantitative estimate of drug-likeness (QED) is 0.846. The van der Waals surface area contributed by atoms with Gasteiger partial charge in [-0.3, -0.25) is 4.79 Å². The summed E-state index contributed by atoms with van der Waals surface area (Å²) in [5.41, 5.74) is 6.71. The highest BCUT2D eigenvalue weighted by Gasteiger charge is 2.20. The summed E-state index contributed by atoms with van der Waals surface area (Å²) in [5, 5.41) is 2.66. The van der Waals surface area contributed by atoms with Gasteiger partial charge in [0.2, 0.25) is 5.91 Å². The fourth-order valence-electron chi connectivity index (χ4n) is 1.47. The highest BCUT2D eigenvalue weighted by molar-refractivity contribution is 5.95. The molecule has 1 rings (SSSR count). The molecule has 1 unspecified atom stereocenters. The van der Waals surface area contributed by atoms with Crippen molar-refractivity contribution in [1.29, 1.82) is 0 Å². The topological polar surface area (TPSA) is 55.1 Å². The summed E-state index contributed by atoms with van der Waals surface area (Å²) in [7, 11) is 0. The van der Waals surface area contributed by atoms with E-state index in [9.17, 15) is 9.18 Å². The van der Waals surface area contributed by atoms with Gasteiger partial charge in [-0.15, -0.1) is 0 Å². The van der Waals surface area contributed by atoms with Crippen LogP contribution in [0.5, 0.6) is 0 Å². The zero-order chi connectivity index (χ0) is 13.0. The molecule has 1 aromatic carbocycles. The maximum atomic E-state index is 13.3. The zero-order valence-electron chi connectivity index (χ0n) is 10.5. The van der Waals surface area contributed by atoms with Crippen LogP contribution in [0.2, 0.25) is 0 Å². The Hall–Kier alpha value is -1.42. The molecule has 2 atom stereocenters. The molecule has 0 aliphatic carbocycles. The SMILES string of the molecule is CCC(C)[C@H](N)C(=O)Nc1cccc(F)c1C. The molecule has 0 spiro atoms. The summed E-state index contributed by atoms with van der Waals surface area (Å²) in [5.74, 6) is -0.503. The number of benzene rings is 1. The smallest absolute Gasteiger partial charge is 0.241 e. The van der Waals surface area contributed by atoms with Crippen LogP contribution in [0.25, 0.3) is 0 Å². The first-order valence-corrected chi connectivity index (χ1v) is 5.79. The molecule has 1 aromatic rings. The van der Waals surface area contributed by atoms with E-state index in [0.717, 1.165) is 6.42 Å². The van der Waals surface area contributed by atoms with Gasteiger partial charge in [0.15, 0.2) is 0 Å². The number of carbonyl (C=O) groups excluding carboxylic acids is 1. The van der Waals surface area contributed by atoms with E-state index in [1.165, 1.54) is 6.07 Å². The lowest BCUT2D eigenvalue weighted by atomic mass is 9.99. The zero-order valence-corrected chi connectivity index (χ0v) is 10.5. The monoisotopic (exact) mass is 238 g/mol. The largest absolute Gasteiger partial charge is 0.324 e. The van der Waals surface area contributed by atoms with Gasteiger partial charge < -0.3 is 11.1 Å². The van der Waals surface area contributed by atoms with Crippen molar-refractivity contribution in [2.75, 3.05) is 5.32 Å². The highest BCUT2D eigenvalue weighted by Crippen LogP contribution is 2.18. The van der Waals surface area contributed by atoms with Gasteiger partial charge in [-0.2, -0.15) is 0 Å². The van der Waals surface area contributed by atoms with Crippen molar-refractivity contribution in [3.05, 3.63) is 29.6 Å². The number of hydrogen-bond acceptors (Lipinski definition) is 2. The molecule has 4 heteroatoms. The van der Waals surface area contributed by atoms with Gasteiger partial charge in [-0.05, 0) is 25.0 Å². The predicted octanol–water partition coefficient (Wildman–Crippen LogP) is 2.45. The molecule has 0 aromatic heterocycles. The van der Waals surface area contributed by atoms with E-state index in [1.807, 2.05) is 13.8 Å². The minimum Gasteiger partial charge on any atom is -0.324 e. The lowest BCUT2D eigenvalue weighted by Crippen LogP contribution is -2.40. The molecular weight excluding hydrogens is 219 g/mol. The molecule has 0 heterocycles. The highest BCUT2D eigenvalue weighted by atomic mass is 19.1. The van der Waals surface area contributed by atoms with Crippen molar-refractivity contribution < 1.29 is 9.18 Å². The number of carbonyl (C=O) groups is 1. The van der Waals surface area contributed by atoms with Crippen LogP contribution in [0.1, 0.15) is 25.8 Å². The van der Waals surface area contributed by atoms with Crippen LogP contribution >= 0.6 is 0 Å². The number of anilines is 1. The van der Waals surface area contributed by atoms with Gasteiger partial charge in [-0.1, -0.05) is 26.3 Å². The molecular formula is C13H19FN2O. The van der Waals surface area contributed by atoms with Gasteiger partial charge in [0, 0.05) is 11.3 Å². The first kappa shape index (κ1) is 13.6. The fraction of sp³-hybridized carbons (Fsp3) is 0.462. The van der Waals surface area contributed by atoms with Crippen LogP contribution < -0.4 is 11.1 Å². The molecule has 0 radical (unpaired) electrons. The van der Waals surface area contributed by atoms with Gasteiger partial charge in [-0.25, -0.2) is 4.39 Å². The molecule has 0 aliphatic rings. The first-order valence-electron chi connectivity index (χ1n) is 5.79. The van der Waals surface area contributed by atoms with Crippen molar-refractivity contribution in [1.82, 2.24) is 0 Å². The second-order valence-electron chi connectivity index (χ2n) is 4.31. The van der Waals surface area contributed by atoms with Gasteiger partial charge in [0.25, 0.3) is 0 Å². The van der Waals surface area contributed by atoms with Crippen molar-refractivity contribution >= 4 is 11.6 Å². The molecule has 0 saturated heterocycles. The van der Waals surface area contributed by atoms with Crippen LogP contribution in [-0.4, -0.2) is 11.9 Å². The van der Waals surface area contributed by atoms with Crippen molar-refractivity contribution in [2.24, 2.45) is 11.7 Å². The number of amides is 1. The molecule has 94 valence electrons. The fourth-order valence-corrected chi connectivity index (χ4v) is 1.47. The van der Waals surface area contributed by atoms with E-state index in [1.54, 1.807) is 19.1 Å². The molecule has 1 amide bonds. The third kappa shape index (κ3) is 3.27. The Bertz CT molecular complexity index is 406. The minimum absolute atomic E-state index is 0.101. The minimum atomic E-state index is -0.567. The van der Waals surface area contributed by atoms with E-state index >= 15 is 0 Å². The molecule has 0 bridgehead atoms. The van der Waals surface area contributed by atoms with Gasteiger partial charge >= 0.3 is 0 Å². The van der Waals surface area contributed by atoms with E-state index in [4.69, 9.17) is 5.73 Å². The second kappa shape index (κ2) is 5.77. The molecule has 3 N–H and O–H groups in total. The van der Waals surface area contributed by atoms with Crippen molar-refractivity contribution in [2.45, 2.75) is 33.2 Å². The summed E-state index contributed by atoms with van der Waals surface area (Å²) < 4.78 is 13.3. The summed E-state index contributed by atoms with van der Waals surface area (Å²) >= 11 is 0. The maximum absolute atomic E-state index is 13.3. The van der Waals surface area contributed by atoms with Gasteiger partial charge in [0.1, 0.15) is 5.82 Å². The Kier molecular flexibility index (Phi) is 4.63. The van der Waals surface area contributed by atoms with Crippen molar-refractivity contribution in [3.8, 4) is 0 Å². The van der Waals surface area contributed by atoms with E-state index < -0.39 is 6.04 Å². The summed E-state index contributed by atoms with van der Waals surface area (Å²) in [6.07, 6.45) is 0.830. The summed E-state index contributed by atoms with van der Waals surface area (Å²) in [4.78, 5) is 11.8. The third-order valence-corrected chi connectivity index (χ3v) is 3.09. The number of nitrogens with two attached hydrogens (primary N) is 1. The van der Waals surface area contributed by atoms with Crippen LogP contribution in [0, 0.1) is 18.7 Å². The van der Waals surface area contributed by atoms with E-state index in [-0.39, 0.29) is 17.6 Å². The molecule has 3 nitrogen and oxygen atoms in total. The number of rotatable bonds is 4. The first-order chi connectivity index (χ1) is 7.97. The molecule has 0 saturated carbocycles. The predicted molar refractivity (Wildman–Crippen MR) is 67.2 cm³/mol. The van der Waals surface area contributed by atoms with Crippen LogP contribution in [0.4, 0.5) is 10.1 Å². The normalized spacial score (nSPS) is 14.2. The Balaban J connectivity index is 2.78. The van der Waals surface area contributed by atoms with E-state index in [2.05, 4.69) is 5.32 Å². The number of halogens is 1. The maximum Gasteiger partial charge on any atom is 0.241 e. The Morgan fingerprint density at radius 2 is 2.18 bits per heavy atom.